The van der Waals surface area contributed by atoms with E-state index in [0.29, 0.717) is 12.5 Å². The standard InChI is InChI=1S/C13H14ClFN2S/c1-9(13-17-4-5-18-13)7-16-8-10-2-3-12(15)11(14)6-10/h2-6,9,16H,7-8H2,1H3. The fourth-order valence-corrected chi connectivity index (χ4v) is 2.55. The van der Waals surface area contributed by atoms with Crippen molar-refractivity contribution in [2.24, 2.45) is 0 Å². The van der Waals surface area contributed by atoms with Crippen LogP contribution in [0.4, 0.5) is 4.39 Å². The summed E-state index contributed by atoms with van der Waals surface area (Å²) >= 11 is 7.39. The lowest BCUT2D eigenvalue weighted by Gasteiger charge is -2.10. The van der Waals surface area contributed by atoms with Gasteiger partial charge in [0.05, 0.1) is 10.0 Å². The summed E-state index contributed by atoms with van der Waals surface area (Å²) in [7, 11) is 0. The van der Waals surface area contributed by atoms with Crippen molar-refractivity contribution in [1.29, 1.82) is 0 Å². The molecule has 0 saturated heterocycles. The van der Waals surface area contributed by atoms with E-state index in [2.05, 4.69) is 17.2 Å². The Kier molecular flexibility index (Phi) is 4.69. The van der Waals surface area contributed by atoms with Crippen molar-refractivity contribution in [3.8, 4) is 0 Å². The molecule has 18 heavy (non-hydrogen) atoms. The maximum absolute atomic E-state index is 13.0. The summed E-state index contributed by atoms with van der Waals surface area (Å²) in [6.45, 7) is 3.64. The Morgan fingerprint density at radius 2 is 2.33 bits per heavy atom. The first-order chi connectivity index (χ1) is 8.66. The second-order valence-corrected chi connectivity index (χ2v) is 5.48. The minimum absolute atomic E-state index is 0.169. The molecule has 0 aliphatic carbocycles. The van der Waals surface area contributed by atoms with Crippen LogP contribution < -0.4 is 5.32 Å². The zero-order valence-corrected chi connectivity index (χ0v) is 11.6. The highest BCUT2D eigenvalue weighted by atomic mass is 35.5. The number of benzene rings is 1. The number of hydrogen-bond acceptors (Lipinski definition) is 3. The van der Waals surface area contributed by atoms with Crippen LogP contribution in [0.15, 0.2) is 29.8 Å². The zero-order chi connectivity index (χ0) is 13.0. The lowest BCUT2D eigenvalue weighted by atomic mass is 10.2. The fourth-order valence-electron chi connectivity index (χ4n) is 1.65. The second-order valence-electron chi connectivity index (χ2n) is 4.15. The lowest BCUT2D eigenvalue weighted by Crippen LogP contribution is -2.19. The van der Waals surface area contributed by atoms with Crippen LogP contribution in [-0.2, 0) is 6.54 Å². The Morgan fingerprint density at radius 3 is 3.00 bits per heavy atom. The van der Waals surface area contributed by atoms with Crippen molar-refractivity contribution < 1.29 is 4.39 Å². The molecule has 0 bridgehead atoms. The normalized spacial score (nSPS) is 12.6. The maximum atomic E-state index is 13.0. The first-order valence-electron chi connectivity index (χ1n) is 5.71. The highest BCUT2D eigenvalue weighted by molar-refractivity contribution is 7.09. The zero-order valence-electron chi connectivity index (χ0n) is 9.99. The smallest absolute Gasteiger partial charge is 0.141 e. The van der Waals surface area contributed by atoms with Gasteiger partial charge in [0.2, 0.25) is 0 Å². The van der Waals surface area contributed by atoms with Gasteiger partial charge >= 0.3 is 0 Å². The van der Waals surface area contributed by atoms with Crippen molar-refractivity contribution in [3.05, 3.63) is 51.2 Å². The Bertz CT molecular complexity index is 502. The molecule has 2 rings (SSSR count). The summed E-state index contributed by atoms with van der Waals surface area (Å²) < 4.78 is 13.0. The van der Waals surface area contributed by atoms with Crippen LogP contribution in [0.2, 0.25) is 5.02 Å². The second kappa shape index (κ2) is 6.27. The van der Waals surface area contributed by atoms with Gasteiger partial charge < -0.3 is 5.32 Å². The van der Waals surface area contributed by atoms with Crippen LogP contribution in [0.1, 0.15) is 23.4 Å². The maximum Gasteiger partial charge on any atom is 0.141 e. The molecule has 0 radical (unpaired) electrons. The quantitative estimate of drug-likeness (QED) is 0.903. The van der Waals surface area contributed by atoms with E-state index in [1.165, 1.54) is 6.07 Å². The number of aromatic nitrogens is 1. The number of halogens is 2. The van der Waals surface area contributed by atoms with Gasteiger partial charge in [0.15, 0.2) is 0 Å². The van der Waals surface area contributed by atoms with Crippen LogP contribution in [0, 0.1) is 5.82 Å². The van der Waals surface area contributed by atoms with E-state index in [4.69, 9.17) is 11.6 Å². The van der Waals surface area contributed by atoms with Gasteiger partial charge in [0, 0.05) is 30.6 Å². The predicted molar refractivity (Wildman–Crippen MR) is 73.6 cm³/mol. The highest BCUT2D eigenvalue weighted by Gasteiger charge is 2.07. The molecule has 96 valence electrons. The molecular weight excluding hydrogens is 271 g/mol. The van der Waals surface area contributed by atoms with E-state index in [9.17, 15) is 4.39 Å². The van der Waals surface area contributed by atoms with Crippen molar-refractivity contribution in [3.63, 3.8) is 0 Å². The van der Waals surface area contributed by atoms with Gasteiger partial charge in [-0.2, -0.15) is 0 Å². The van der Waals surface area contributed by atoms with E-state index < -0.39 is 0 Å². The number of nitrogens with one attached hydrogen (secondary N) is 1. The SMILES string of the molecule is CC(CNCc1ccc(F)c(Cl)c1)c1nccs1. The molecule has 0 saturated carbocycles. The van der Waals surface area contributed by atoms with Crippen molar-refractivity contribution in [1.82, 2.24) is 10.3 Å². The van der Waals surface area contributed by atoms with E-state index in [1.54, 1.807) is 23.5 Å². The van der Waals surface area contributed by atoms with Crippen molar-refractivity contribution in [2.45, 2.75) is 19.4 Å². The summed E-state index contributed by atoms with van der Waals surface area (Å²) in [5, 5.41) is 6.59. The van der Waals surface area contributed by atoms with E-state index in [1.807, 2.05) is 11.6 Å². The van der Waals surface area contributed by atoms with Crippen LogP contribution in [0.5, 0.6) is 0 Å². The third kappa shape index (κ3) is 3.51. The van der Waals surface area contributed by atoms with Gasteiger partial charge in [-0.3, -0.25) is 0 Å². The van der Waals surface area contributed by atoms with Gasteiger partial charge in [-0.05, 0) is 17.7 Å². The summed E-state index contributed by atoms with van der Waals surface area (Å²) in [5.74, 6) is -0.00232. The molecule has 1 atom stereocenters. The molecule has 0 aliphatic heterocycles. The van der Waals surface area contributed by atoms with Crippen molar-refractivity contribution >= 4 is 22.9 Å². The van der Waals surface area contributed by atoms with Crippen LogP contribution in [0.3, 0.4) is 0 Å². The summed E-state index contributed by atoms with van der Waals surface area (Å²) in [6.07, 6.45) is 1.82. The van der Waals surface area contributed by atoms with Gasteiger partial charge in [0.25, 0.3) is 0 Å². The topological polar surface area (TPSA) is 24.9 Å². The van der Waals surface area contributed by atoms with E-state index in [-0.39, 0.29) is 10.8 Å². The fraction of sp³-hybridized carbons (Fsp3) is 0.308. The largest absolute Gasteiger partial charge is 0.312 e. The summed E-state index contributed by atoms with van der Waals surface area (Å²) in [4.78, 5) is 4.28. The number of thiazole rings is 1. The molecular formula is C13H14ClFN2S. The van der Waals surface area contributed by atoms with E-state index >= 15 is 0 Å². The van der Waals surface area contributed by atoms with Gasteiger partial charge in [-0.15, -0.1) is 11.3 Å². The summed E-state index contributed by atoms with van der Waals surface area (Å²) in [5.41, 5.74) is 0.979. The Hall–Kier alpha value is -0.970. The van der Waals surface area contributed by atoms with Gasteiger partial charge in [-0.1, -0.05) is 24.6 Å². The van der Waals surface area contributed by atoms with Crippen molar-refractivity contribution in [2.75, 3.05) is 6.54 Å². The molecule has 1 aromatic heterocycles. The molecule has 0 spiro atoms. The molecule has 0 fully saturated rings. The third-order valence-electron chi connectivity index (χ3n) is 2.64. The predicted octanol–water partition coefficient (Wildman–Crippen LogP) is 3.83. The molecule has 0 aliphatic rings. The van der Waals surface area contributed by atoms with Gasteiger partial charge in [0.1, 0.15) is 5.82 Å². The average molecular weight is 285 g/mol. The Balaban J connectivity index is 1.83. The molecule has 2 aromatic rings. The number of hydrogen-bond donors (Lipinski definition) is 1. The molecule has 1 heterocycles. The first-order valence-corrected chi connectivity index (χ1v) is 6.96. The third-order valence-corrected chi connectivity index (χ3v) is 3.93. The molecule has 1 N–H and O–H groups in total. The van der Waals surface area contributed by atoms with Crippen LogP contribution in [-0.4, -0.2) is 11.5 Å². The Labute approximate surface area is 115 Å². The molecule has 1 unspecified atom stereocenters. The number of nitrogens with zero attached hydrogens (tertiary/aromatic N) is 1. The molecule has 5 heteroatoms. The minimum Gasteiger partial charge on any atom is -0.312 e. The summed E-state index contributed by atoms with van der Waals surface area (Å²) in [6, 6.07) is 4.78. The van der Waals surface area contributed by atoms with Crippen LogP contribution in [0.25, 0.3) is 0 Å². The number of rotatable bonds is 5. The monoisotopic (exact) mass is 284 g/mol. The lowest BCUT2D eigenvalue weighted by molar-refractivity contribution is 0.607. The molecule has 2 nitrogen and oxygen atoms in total. The Morgan fingerprint density at radius 1 is 1.50 bits per heavy atom. The first kappa shape index (κ1) is 13.5. The molecule has 1 aromatic carbocycles. The van der Waals surface area contributed by atoms with Gasteiger partial charge in [-0.25, -0.2) is 9.37 Å². The van der Waals surface area contributed by atoms with E-state index in [0.717, 1.165) is 17.1 Å². The highest BCUT2D eigenvalue weighted by Crippen LogP contribution is 2.18. The van der Waals surface area contributed by atoms with Crippen LogP contribution >= 0.6 is 22.9 Å². The molecule has 0 amide bonds. The average Bonchev–Trinajstić information content (AvgIpc) is 2.87. The minimum atomic E-state index is -0.378.